The van der Waals surface area contributed by atoms with E-state index in [4.69, 9.17) is 27.3 Å². The van der Waals surface area contributed by atoms with E-state index in [1.807, 2.05) is 44.2 Å². The van der Waals surface area contributed by atoms with Crippen LogP contribution in [0.15, 0.2) is 35.3 Å². The van der Waals surface area contributed by atoms with Gasteiger partial charge in [-0.3, -0.25) is 58.3 Å². The second-order valence-electron chi connectivity index (χ2n) is 24.2. The first-order chi connectivity index (χ1) is 43.0. The maximum absolute atomic E-state index is 14.7. The third-order valence-corrected chi connectivity index (χ3v) is 16.9. The van der Waals surface area contributed by atoms with Crippen LogP contribution in [0.25, 0.3) is 0 Å². The van der Waals surface area contributed by atoms with Crippen LogP contribution in [0.4, 0.5) is 0 Å². The van der Waals surface area contributed by atoms with E-state index in [2.05, 4.69) is 58.2 Å². The lowest BCUT2D eigenvalue weighted by Gasteiger charge is -2.31. The van der Waals surface area contributed by atoms with E-state index in [1.54, 1.807) is 55.5 Å². The predicted molar refractivity (Wildman–Crippen MR) is 345 cm³/mol. The van der Waals surface area contributed by atoms with Gasteiger partial charge in [0.2, 0.25) is 53.2 Å². The number of aliphatic hydroxyl groups excluding tert-OH is 1. The summed E-state index contributed by atoms with van der Waals surface area (Å²) in [6.07, 6.45) is 1.66. The fraction of sp³-hybridized carbons (Fsp3) is 0.698. The average molecular weight is 1280 g/mol. The van der Waals surface area contributed by atoms with Gasteiger partial charge in [-0.15, -0.1) is 0 Å². The van der Waals surface area contributed by atoms with Gasteiger partial charge in [-0.05, 0) is 81.7 Å². The number of Topliss-reactive ketones (excluding diaryl/α,β-unsaturated/α-hetero) is 1. The van der Waals surface area contributed by atoms with Gasteiger partial charge < -0.3 is 80.2 Å². The van der Waals surface area contributed by atoms with Crippen LogP contribution >= 0.6 is 0 Å². The molecule has 0 spiro atoms. The molecule has 0 saturated carbocycles. The van der Waals surface area contributed by atoms with Crippen molar-refractivity contribution in [3.05, 3.63) is 35.9 Å². The van der Waals surface area contributed by atoms with E-state index in [9.17, 15) is 57.8 Å². The molecular weight excluding hydrogens is 1170 g/mol. The number of ether oxygens (including phenoxy) is 1. The van der Waals surface area contributed by atoms with Crippen molar-refractivity contribution in [2.75, 3.05) is 20.2 Å². The molecule has 28 heteroatoms. The van der Waals surface area contributed by atoms with Gasteiger partial charge in [0.25, 0.3) is 0 Å². The van der Waals surface area contributed by atoms with Crippen LogP contribution in [-0.2, 0) is 63.9 Å². The summed E-state index contributed by atoms with van der Waals surface area (Å²) in [7, 11) is 1.63. The van der Waals surface area contributed by atoms with Crippen molar-refractivity contribution in [1.29, 1.82) is 5.41 Å². The fourth-order valence-corrected chi connectivity index (χ4v) is 10.1. The van der Waals surface area contributed by atoms with E-state index >= 15 is 0 Å². The summed E-state index contributed by atoms with van der Waals surface area (Å²) < 4.78 is 5.76. The largest absolute Gasteiger partial charge is 0.458 e. The maximum atomic E-state index is 14.7. The summed E-state index contributed by atoms with van der Waals surface area (Å²) in [6, 6.07) is -3.48. The van der Waals surface area contributed by atoms with Crippen LogP contribution in [-0.4, -0.2) is 169 Å². The van der Waals surface area contributed by atoms with E-state index in [1.165, 1.54) is 13.8 Å². The number of esters is 1. The van der Waals surface area contributed by atoms with Crippen molar-refractivity contribution < 1.29 is 62.6 Å². The minimum Gasteiger partial charge on any atom is -0.458 e. The number of aliphatic hydroxyl groups is 1. The first-order valence-corrected chi connectivity index (χ1v) is 32.2. The number of unbranched alkanes of at least 4 members (excludes halogenated alkanes) is 1. The van der Waals surface area contributed by atoms with Gasteiger partial charge in [-0.25, -0.2) is 4.79 Å². The van der Waals surface area contributed by atoms with Crippen molar-refractivity contribution in [2.45, 2.75) is 233 Å². The van der Waals surface area contributed by atoms with Crippen LogP contribution in [0.5, 0.6) is 0 Å². The number of nitrogens with zero attached hydrogens (tertiary/aromatic N) is 1. The van der Waals surface area contributed by atoms with Gasteiger partial charge in [-0.1, -0.05) is 138 Å². The van der Waals surface area contributed by atoms with E-state index in [0.717, 1.165) is 5.56 Å². The van der Waals surface area contributed by atoms with Crippen LogP contribution < -0.4 is 70.4 Å². The van der Waals surface area contributed by atoms with Gasteiger partial charge in [0.1, 0.15) is 60.5 Å². The average Bonchev–Trinajstić information content (AvgIpc) is 2.18. The Hall–Kier alpha value is -7.75. The number of guanidine groups is 1. The topological polar surface area (TPSA) is 452 Å². The number of carbonyl (C=O) groups excluding carboxylic acids is 11. The SMILES string of the molecule is CCC[C@@H]1NC(=O)[C@H](C)CC(=O)[C@H](NC(=O)[C@H](CO)NC(=O)[C@@H](NC(=O)[C@H](NC(=O)[C@@H](CCCCC(=N)N)NC(=O)[C@H](CCCN=C(N)N)NC(=O)[C@@H](NC(=O)[C@@H](Cc2ccccc2)NC)[C@@H](C)CC)[C@H](C)CC)[C@@H](C)CC)[C@H](C)OC(=O)[C@H]([C@@H](C)CC)NC1=O. The number of cyclic esters (lactones) is 1. The van der Waals surface area contributed by atoms with Crippen LogP contribution in [0, 0.1) is 35.0 Å². The normalized spacial score (nSPS) is 20.8. The summed E-state index contributed by atoms with van der Waals surface area (Å²) in [4.78, 5) is 159. The van der Waals surface area contributed by atoms with Crippen molar-refractivity contribution >= 4 is 76.7 Å². The molecular formula is C63H107N15O13. The molecule has 9 amide bonds. The summed E-state index contributed by atoms with van der Waals surface area (Å²) in [5.41, 5.74) is 17.7. The Kier molecular flexibility index (Phi) is 35.6. The molecule has 18 N–H and O–H groups in total. The highest BCUT2D eigenvalue weighted by atomic mass is 16.5. The van der Waals surface area contributed by atoms with E-state index in [-0.39, 0.29) is 56.9 Å². The van der Waals surface area contributed by atoms with Crippen LogP contribution in [0.1, 0.15) is 165 Å². The molecule has 1 heterocycles. The number of amidine groups is 1. The zero-order valence-corrected chi connectivity index (χ0v) is 55.5. The number of benzene rings is 1. The lowest BCUT2D eigenvalue weighted by molar-refractivity contribution is -0.157. The molecule has 1 aromatic carbocycles. The number of ketones is 1. The molecule has 0 radical (unpaired) electrons. The van der Waals surface area contributed by atoms with Crippen molar-refractivity contribution in [2.24, 2.45) is 51.8 Å². The molecule has 0 aromatic heterocycles. The van der Waals surface area contributed by atoms with Gasteiger partial charge in [-0.2, -0.15) is 0 Å². The molecule has 0 unspecified atom stereocenters. The first kappa shape index (κ1) is 79.3. The van der Waals surface area contributed by atoms with Crippen molar-refractivity contribution in [3.8, 4) is 0 Å². The monoisotopic (exact) mass is 1280 g/mol. The third kappa shape index (κ3) is 26.5. The quantitative estimate of drug-likeness (QED) is 0.0184. The highest BCUT2D eigenvalue weighted by Gasteiger charge is 2.41. The Balaban J connectivity index is 2.52. The molecule has 1 aromatic rings. The van der Waals surface area contributed by atoms with Gasteiger partial charge in [0.05, 0.1) is 18.5 Å². The van der Waals surface area contributed by atoms with Gasteiger partial charge in [0.15, 0.2) is 11.7 Å². The van der Waals surface area contributed by atoms with Gasteiger partial charge >= 0.3 is 5.97 Å². The molecule has 28 nitrogen and oxygen atoms in total. The number of hydrogen-bond donors (Lipinski definition) is 15. The van der Waals surface area contributed by atoms with E-state index < -0.39 is 174 Å². The Morgan fingerprint density at radius 3 is 1.64 bits per heavy atom. The molecule has 512 valence electrons. The number of aliphatic imine (C=N–C) groups is 1. The highest BCUT2D eigenvalue weighted by molar-refractivity contribution is 5.99. The van der Waals surface area contributed by atoms with E-state index in [0.29, 0.717) is 44.9 Å². The number of carbonyl (C=O) groups is 11. The smallest absolute Gasteiger partial charge is 0.329 e. The summed E-state index contributed by atoms with van der Waals surface area (Å²) in [5, 5.41) is 45.7. The minimum absolute atomic E-state index is 0.0203. The lowest BCUT2D eigenvalue weighted by atomic mass is 9.94. The molecule has 1 fully saturated rings. The maximum Gasteiger partial charge on any atom is 0.329 e. The Morgan fingerprint density at radius 1 is 0.648 bits per heavy atom. The number of likely N-dealkylation sites (N-methyl/N-ethyl adjacent to an activating group) is 1. The second kappa shape index (κ2) is 40.9. The first-order valence-electron chi connectivity index (χ1n) is 32.2. The zero-order valence-electron chi connectivity index (χ0n) is 55.5. The summed E-state index contributed by atoms with van der Waals surface area (Å²) >= 11 is 0. The fourth-order valence-electron chi connectivity index (χ4n) is 10.1. The molecule has 1 aliphatic rings. The molecule has 0 aliphatic carbocycles. The number of hydrogen-bond acceptors (Lipinski definition) is 16. The summed E-state index contributed by atoms with van der Waals surface area (Å²) in [6.45, 7) is 17.7. The zero-order chi connectivity index (χ0) is 68.7. The summed E-state index contributed by atoms with van der Waals surface area (Å²) in [5.74, 6) is -11.8. The van der Waals surface area contributed by atoms with Crippen molar-refractivity contribution in [1.82, 2.24) is 53.2 Å². The van der Waals surface area contributed by atoms with Crippen molar-refractivity contribution in [3.63, 3.8) is 0 Å². The van der Waals surface area contributed by atoms with Crippen LogP contribution in [0.2, 0.25) is 0 Å². The molecule has 91 heavy (non-hydrogen) atoms. The Bertz CT molecular complexity index is 2610. The molecule has 1 saturated heterocycles. The van der Waals surface area contributed by atoms with Gasteiger partial charge in [0, 0.05) is 25.3 Å². The Labute approximate surface area is 536 Å². The molecule has 2 rings (SSSR count). The number of nitrogens with one attached hydrogen (secondary N) is 11. The predicted octanol–water partition coefficient (Wildman–Crippen LogP) is 0.248. The number of amides is 9. The molecule has 1 aliphatic heterocycles. The lowest BCUT2D eigenvalue weighted by Crippen LogP contribution is -2.62. The molecule has 0 bridgehead atoms. The second-order valence-corrected chi connectivity index (χ2v) is 24.2. The highest BCUT2D eigenvalue weighted by Crippen LogP contribution is 2.19. The Morgan fingerprint density at radius 2 is 1.14 bits per heavy atom. The van der Waals surface area contributed by atoms with Crippen LogP contribution in [0.3, 0.4) is 0 Å². The number of rotatable bonds is 37. The standard InChI is InChI=1S/C63H107N15O13/c1-13-24-41-55(83)77-51(37(9)17-5)62(90)91-39(11)52(46(80)31-38(10)53(81)70-41)78-58(86)45(33-79)73-60(88)49(35(7)15-3)76-61(89)50(36(8)16-4)74-56(84)42(27-21-22-29-47(64)65)71-54(82)43(28-23-30-69-63(66)67)72-59(87)48(34(6)14-2)75-57(85)44(68-12)32-40-25-19-18-20-26-40/h18-20,25-26,34-39,41-45,48-52,68,79H,13-17,21-24,27-33H2,1-12H3,(H3,64,65)(H,70,81)(H,71,82)(H,72,87)(H,73,88)(H,74,84)(H,75,85)(H,76,89)(H,77,83)(H,78,86)(H4,66,67,69)/t34-,35-,36+,37-,38+,39-,41-,42+,43-,44+,45-,48-,49-,50+,51-,52+/m0/s1. The minimum atomic E-state index is -1.76. The third-order valence-electron chi connectivity index (χ3n) is 16.9. The molecule has 16 atom stereocenters. The number of nitrogens with two attached hydrogens (primary N) is 3.